The van der Waals surface area contributed by atoms with Gasteiger partial charge in [-0.3, -0.25) is 9.59 Å². The average Bonchev–Trinajstić information content (AvgIpc) is 2.93. The van der Waals surface area contributed by atoms with E-state index in [-0.39, 0.29) is 24.3 Å². The van der Waals surface area contributed by atoms with Crippen LogP contribution in [0.1, 0.15) is 37.2 Å². The predicted octanol–water partition coefficient (Wildman–Crippen LogP) is 2.60. The zero-order valence-electron chi connectivity index (χ0n) is 14.4. The molecule has 1 unspecified atom stereocenters. The minimum atomic E-state index is -0.112. The molecule has 0 radical (unpaired) electrons. The predicted molar refractivity (Wildman–Crippen MR) is 93.7 cm³/mol. The lowest BCUT2D eigenvalue weighted by Gasteiger charge is -2.14. The zero-order valence-corrected chi connectivity index (χ0v) is 14.4. The van der Waals surface area contributed by atoms with Gasteiger partial charge in [-0.15, -0.1) is 0 Å². The number of nitrogens with one attached hydrogen (secondary N) is 2. The summed E-state index contributed by atoms with van der Waals surface area (Å²) in [6.07, 6.45) is 4.19. The molecule has 0 spiro atoms. The Morgan fingerprint density at radius 2 is 2.04 bits per heavy atom. The fraction of sp³-hybridized carbons (Fsp3) is 0.389. The second-order valence-corrected chi connectivity index (χ2v) is 5.95. The molecule has 1 atom stereocenters. The van der Waals surface area contributed by atoms with Gasteiger partial charge in [-0.25, -0.2) is 4.98 Å². The number of hydrogen-bond acceptors (Lipinski definition) is 3. The molecule has 0 aliphatic rings. The average molecular weight is 328 g/mol. The smallest absolute Gasteiger partial charge is 0.226 e. The van der Waals surface area contributed by atoms with Crippen molar-refractivity contribution in [2.75, 3.05) is 11.9 Å². The van der Waals surface area contributed by atoms with Crippen LogP contribution >= 0.6 is 0 Å². The zero-order chi connectivity index (χ0) is 17.5. The first kappa shape index (κ1) is 17.7. The Bertz CT molecular complexity index is 709. The van der Waals surface area contributed by atoms with Crippen LogP contribution in [0.5, 0.6) is 0 Å². The molecule has 6 nitrogen and oxygen atoms in total. The number of nitrogens with zero attached hydrogens (tertiary/aromatic N) is 2. The third kappa shape index (κ3) is 5.22. The van der Waals surface area contributed by atoms with Crippen LogP contribution in [0.2, 0.25) is 0 Å². The van der Waals surface area contributed by atoms with Gasteiger partial charge < -0.3 is 15.2 Å². The number of rotatable bonds is 7. The molecule has 2 rings (SSSR count). The number of aryl methyl sites for hydroxylation is 2. The van der Waals surface area contributed by atoms with E-state index in [2.05, 4.69) is 15.6 Å². The van der Waals surface area contributed by atoms with Crippen molar-refractivity contribution in [1.29, 1.82) is 0 Å². The molecule has 0 saturated carbocycles. The first-order valence-corrected chi connectivity index (χ1v) is 8.08. The normalized spacial score (nSPS) is 11.8. The van der Waals surface area contributed by atoms with Gasteiger partial charge in [0.1, 0.15) is 5.82 Å². The number of aromatic nitrogens is 2. The molecule has 2 aromatic rings. The molecular weight excluding hydrogens is 304 g/mol. The molecule has 24 heavy (non-hydrogen) atoms. The third-order valence-electron chi connectivity index (χ3n) is 3.79. The van der Waals surface area contributed by atoms with Crippen LogP contribution < -0.4 is 10.6 Å². The summed E-state index contributed by atoms with van der Waals surface area (Å²) < 4.78 is 1.96. The second-order valence-electron chi connectivity index (χ2n) is 5.95. The fourth-order valence-corrected chi connectivity index (χ4v) is 2.55. The van der Waals surface area contributed by atoms with E-state index < -0.39 is 0 Å². The number of amides is 2. The highest BCUT2D eigenvalue weighted by Crippen LogP contribution is 2.12. The van der Waals surface area contributed by atoms with Crippen molar-refractivity contribution >= 4 is 17.5 Å². The van der Waals surface area contributed by atoms with Crippen LogP contribution in [0.25, 0.3) is 0 Å². The first-order chi connectivity index (χ1) is 11.5. The van der Waals surface area contributed by atoms with Crippen LogP contribution in [0, 0.1) is 13.8 Å². The number of benzene rings is 1. The third-order valence-corrected chi connectivity index (χ3v) is 3.79. The summed E-state index contributed by atoms with van der Waals surface area (Å²) in [5.74, 6) is 0.700. The van der Waals surface area contributed by atoms with Gasteiger partial charge in [-0.2, -0.15) is 0 Å². The molecule has 0 aliphatic carbocycles. The summed E-state index contributed by atoms with van der Waals surface area (Å²) in [5.41, 5.74) is 1.86. The van der Waals surface area contributed by atoms with Gasteiger partial charge in [0.2, 0.25) is 11.8 Å². The van der Waals surface area contributed by atoms with Crippen LogP contribution in [-0.2, 0) is 9.59 Å². The Kier molecular flexibility index (Phi) is 6.12. The lowest BCUT2D eigenvalue weighted by Crippen LogP contribution is -2.29. The maximum Gasteiger partial charge on any atom is 0.226 e. The van der Waals surface area contributed by atoms with Crippen LogP contribution in [0.4, 0.5) is 5.69 Å². The number of hydrogen-bond donors (Lipinski definition) is 2. The summed E-state index contributed by atoms with van der Waals surface area (Å²) >= 11 is 0. The quantitative estimate of drug-likeness (QED) is 0.820. The lowest BCUT2D eigenvalue weighted by molar-refractivity contribution is -0.121. The maximum atomic E-state index is 12.0. The minimum Gasteiger partial charge on any atom is -0.356 e. The SMILES string of the molecule is Cc1cccc(NC(=O)CCNC(=O)CC(C)n2ccnc2C)c1. The number of imidazole rings is 1. The number of anilines is 1. The molecule has 0 bridgehead atoms. The highest BCUT2D eigenvalue weighted by atomic mass is 16.2. The highest BCUT2D eigenvalue weighted by Gasteiger charge is 2.12. The standard InChI is InChI=1S/C18H24N4O2/c1-13-5-4-6-16(11-13)21-17(23)7-8-20-18(24)12-14(2)22-10-9-19-15(22)3/h4-6,9-11,14H,7-8,12H2,1-3H3,(H,20,24)(H,21,23). The molecule has 2 N–H and O–H groups in total. The second kappa shape index (κ2) is 8.29. The summed E-state index contributed by atoms with van der Waals surface area (Å²) in [5, 5.41) is 5.61. The Balaban J connectivity index is 1.70. The van der Waals surface area contributed by atoms with E-state index in [9.17, 15) is 9.59 Å². The molecule has 2 amide bonds. The van der Waals surface area contributed by atoms with Gasteiger partial charge in [0.15, 0.2) is 0 Å². The Hall–Kier alpha value is -2.63. The van der Waals surface area contributed by atoms with E-state index in [1.807, 2.05) is 55.8 Å². The molecule has 0 aliphatic heterocycles. The van der Waals surface area contributed by atoms with Crippen LogP contribution in [0.15, 0.2) is 36.7 Å². The van der Waals surface area contributed by atoms with Gasteiger partial charge in [0.25, 0.3) is 0 Å². The van der Waals surface area contributed by atoms with E-state index in [1.54, 1.807) is 6.20 Å². The minimum absolute atomic E-state index is 0.0358. The van der Waals surface area contributed by atoms with Gasteiger partial charge in [-0.1, -0.05) is 12.1 Å². The largest absolute Gasteiger partial charge is 0.356 e. The van der Waals surface area contributed by atoms with E-state index >= 15 is 0 Å². The van der Waals surface area contributed by atoms with Crippen molar-refractivity contribution in [2.45, 2.75) is 39.7 Å². The van der Waals surface area contributed by atoms with Gasteiger partial charge in [0.05, 0.1) is 0 Å². The van der Waals surface area contributed by atoms with Crippen molar-refractivity contribution in [2.24, 2.45) is 0 Å². The van der Waals surface area contributed by atoms with E-state index in [0.717, 1.165) is 17.1 Å². The summed E-state index contributed by atoms with van der Waals surface area (Å²) in [6, 6.07) is 7.66. The topological polar surface area (TPSA) is 76.0 Å². The van der Waals surface area contributed by atoms with Crippen LogP contribution in [0.3, 0.4) is 0 Å². The Morgan fingerprint density at radius 1 is 1.25 bits per heavy atom. The number of carbonyl (C=O) groups is 2. The molecule has 1 aromatic heterocycles. The van der Waals surface area contributed by atoms with Crippen molar-refractivity contribution in [1.82, 2.24) is 14.9 Å². The molecule has 128 valence electrons. The number of carbonyl (C=O) groups excluding carboxylic acids is 2. The summed E-state index contributed by atoms with van der Waals surface area (Å²) in [7, 11) is 0. The molecular formula is C18H24N4O2. The Labute approximate surface area is 142 Å². The van der Waals surface area contributed by atoms with E-state index in [1.165, 1.54) is 0 Å². The first-order valence-electron chi connectivity index (χ1n) is 8.08. The van der Waals surface area contributed by atoms with E-state index in [0.29, 0.717) is 13.0 Å². The molecule has 0 fully saturated rings. The monoisotopic (exact) mass is 328 g/mol. The van der Waals surface area contributed by atoms with Gasteiger partial charge in [0, 0.05) is 43.5 Å². The summed E-state index contributed by atoms with van der Waals surface area (Å²) in [6.45, 7) is 6.17. The van der Waals surface area contributed by atoms with Crippen molar-refractivity contribution in [3.8, 4) is 0 Å². The molecule has 1 aromatic carbocycles. The van der Waals surface area contributed by atoms with Gasteiger partial charge >= 0.3 is 0 Å². The maximum absolute atomic E-state index is 12.0. The molecule has 1 heterocycles. The fourth-order valence-electron chi connectivity index (χ4n) is 2.55. The van der Waals surface area contributed by atoms with Crippen molar-refractivity contribution in [3.05, 3.63) is 48.0 Å². The van der Waals surface area contributed by atoms with E-state index in [4.69, 9.17) is 0 Å². The van der Waals surface area contributed by atoms with Gasteiger partial charge in [-0.05, 0) is 38.5 Å². The molecule has 0 saturated heterocycles. The summed E-state index contributed by atoms with van der Waals surface area (Å²) in [4.78, 5) is 28.0. The molecule has 6 heteroatoms. The Morgan fingerprint density at radius 3 is 2.71 bits per heavy atom. The van der Waals surface area contributed by atoms with Crippen molar-refractivity contribution in [3.63, 3.8) is 0 Å². The highest BCUT2D eigenvalue weighted by molar-refractivity contribution is 5.91. The van der Waals surface area contributed by atoms with Crippen molar-refractivity contribution < 1.29 is 9.59 Å². The van der Waals surface area contributed by atoms with Crippen LogP contribution in [-0.4, -0.2) is 27.9 Å². The lowest BCUT2D eigenvalue weighted by atomic mass is 10.2.